The zero-order valence-corrected chi connectivity index (χ0v) is 7.31. The summed E-state index contributed by atoms with van der Waals surface area (Å²) in [5.74, 6) is -3.08. The fourth-order valence-corrected chi connectivity index (χ4v) is 0.893. The minimum absolute atomic E-state index is 0.0412. The van der Waals surface area contributed by atoms with E-state index in [-0.39, 0.29) is 12.2 Å². The number of alkyl halides is 3. The number of hydrogen-bond acceptors (Lipinski definition) is 4. The summed E-state index contributed by atoms with van der Waals surface area (Å²) in [6.07, 6.45) is -5.01. The van der Waals surface area contributed by atoms with Gasteiger partial charge in [0.25, 0.3) is 0 Å². The second-order valence-corrected chi connectivity index (χ2v) is 2.56. The van der Waals surface area contributed by atoms with E-state index in [0.29, 0.717) is 0 Å². The average molecular weight is 225 g/mol. The summed E-state index contributed by atoms with van der Waals surface area (Å²) in [6.45, 7) is -0.132. The van der Waals surface area contributed by atoms with Gasteiger partial charge in [0, 0.05) is 12.6 Å². The lowest BCUT2D eigenvalue weighted by Crippen LogP contribution is -2.20. The van der Waals surface area contributed by atoms with Gasteiger partial charge in [0.05, 0.1) is 5.69 Å². The van der Waals surface area contributed by atoms with Crippen LogP contribution in [0.2, 0.25) is 0 Å². The summed E-state index contributed by atoms with van der Waals surface area (Å²) in [5, 5.41) is 0. The highest BCUT2D eigenvalue weighted by molar-refractivity contribution is 5.47. The van der Waals surface area contributed by atoms with Crippen LogP contribution in [-0.2, 0) is 6.54 Å². The molecule has 1 aromatic rings. The molecule has 1 aromatic heterocycles. The van der Waals surface area contributed by atoms with Crippen LogP contribution in [0, 0.1) is 5.82 Å². The van der Waals surface area contributed by atoms with Crippen LogP contribution in [0.1, 0.15) is 5.69 Å². The Hall–Kier alpha value is -1.57. The molecule has 0 aliphatic carbocycles. The van der Waals surface area contributed by atoms with Gasteiger partial charge in [0.15, 0.2) is 11.6 Å². The Balaban J connectivity index is 3.09. The van der Waals surface area contributed by atoms with Gasteiger partial charge >= 0.3 is 6.36 Å². The number of anilines is 1. The fraction of sp³-hybridized carbons (Fsp3) is 0.286. The second kappa shape index (κ2) is 3.89. The monoisotopic (exact) mass is 225 g/mol. The predicted octanol–water partition coefficient (Wildman–Crippen LogP) is 1.16. The molecule has 0 spiro atoms. The van der Waals surface area contributed by atoms with Gasteiger partial charge in [0.2, 0.25) is 5.75 Å². The molecule has 0 aliphatic heterocycles. The number of aromatic nitrogens is 1. The third-order valence-corrected chi connectivity index (χ3v) is 1.43. The van der Waals surface area contributed by atoms with E-state index in [2.05, 4.69) is 9.72 Å². The SMILES string of the molecule is NCc1cc(F)c(OC(F)(F)F)c(N)n1. The molecule has 15 heavy (non-hydrogen) atoms. The summed E-state index contributed by atoms with van der Waals surface area (Å²) >= 11 is 0. The van der Waals surface area contributed by atoms with Crippen molar-refractivity contribution in [2.24, 2.45) is 5.73 Å². The minimum atomic E-state index is -5.01. The smallest absolute Gasteiger partial charge is 0.399 e. The van der Waals surface area contributed by atoms with Gasteiger partial charge in [-0.1, -0.05) is 0 Å². The molecule has 0 amide bonds. The van der Waals surface area contributed by atoms with Crippen LogP contribution in [0.15, 0.2) is 6.07 Å². The van der Waals surface area contributed by atoms with E-state index >= 15 is 0 Å². The van der Waals surface area contributed by atoms with Crippen molar-refractivity contribution in [1.29, 1.82) is 0 Å². The van der Waals surface area contributed by atoms with Crippen molar-refractivity contribution in [3.8, 4) is 5.75 Å². The quantitative estimate of drug-likeness (QED) is 0.740. The summed E-state index contributed by atoms with van der Waals surface area (Å²) in [4.78, 5) is 3.42. The van der Waals surface area contributed by atoms with Gasteiger partial charge in [-0.25, -0.2) is 9.37 Å². The lowest BCUT2D eigenvalue weighted by Gasteiger charge is -2.11. The number of halogens is 4. The van der Waals surface area contributed by atoms with E-state index in [4.69, 9.17) is 11.5 Å². The lowest BCUT2D eigenvalue weighted by atomic mass is 10.3. The molecule has 4 N–H and O–H groups in total. The Morgan fingerprint density at radius 2 is 2.00 bits per heavy atom. The highest BCUT2D eigenvalue weighted by Gasteiger charge is 2.33. The molecule has 4 nitrogen and oxygen atoms in total. The molecule has 0 radical (unpaired) electrons. The first-order valence-electron chi connectivity index (χ1n) is 3.74. The molecule has 0 aliphatic rings. The molecule has 0 aromatic carbocycles. The fourth-order valence-electron chi connectivity index (χ4n) is 0.893. The zero-order valence-electron chi connectivity index (χ0n) is 7.31. The molecule has 0 saturated carbocycles. The first-order valence-corrected chi connectivity index (χ1v) is 3.74. The highest BCUT2D eigenvalue weighted by Crippen LogP contribution is 2.30. The molecule has 1 heterocycles. The van der Waals surface area contributed by atoms with Gasteiger partial charge in [-0.05, 0) is 0 Å². The Morgan fingerprint density at radius 3 is 2.40 bits per heavy atom. The molecular weight excluding hydrogens is 218 g/mol. The number of ether oxygens (including phenoxy) is 1. The Labute approximate surface area is 81.8 Å². The summed E-state index contributed by atoms with van der Waals surface area (Å²) in [6, 6.07) is 0.734. The van der Waals surface area contributed by atoms with E-state index in [1.54, 1.807) is 0 Å². The Kier molecular flexibility index (Phi) is 2.98. The molecule has 0 bridgehead atoms. The first-order chi connectivity index (χ1) is 6.83. The van der Waals surface area contributed by atoms with Gasteiger partial charge in [-0.3, -0.25) is 0 Å². The standard InChI is InChI=1S/C7H7F4N3O/c8-4-1-3(2-12)14-6(13)5(4)15-7(9,10)11/h1H,2,12H2,(H2,13,14). The van der Waals surface area contributed by atoms with Crippen LogP contribution >= 0.6 is 0 Å². The van der Waals surface area contributed by atoms with Crippen molar-refractivity contribution in [2.75, 3.05) is 5.73 Å². The maximum atomic E-state index is 13.0. The number of nitrogen functional groups attached to an aromatic ring is 1. The van der Waals surface area contributed by atoms with E-state index in [0.717, 1.165) is 6.07 Å². The number of pyridine rings is 1. The number of nitrogens with zero attached hydrogens (tertiary/aromatic N) is 1. The molecular formula is C7H7F4N3O. The Morgan fingerprint density at radius 1 is 1.40 bits per heavy atom. The van der Waals surface area contributed by atoms with Gasteiger partial charge < -0.3 is 16.2 Å². The van der Waals surface area contributed by atoms with Crippen LogP contribution in [0.25, 0.3) is 0 Å². The maximum Gasteiger partial charge on any atom is 0.573 e. The molecule has 84 valence electrons. The average Bonchev–Trinajstić information content (AvgIpc) is 2.09. The van der Waals surface area contributed by atoms with Crippen molar-refractivity contribution in [3.05, 3.63) is 17.6 Å². The highest BCUT2D eigenvalue weighted by atomic mass is 19.4. The summed E-state index contributed by atoms with van der Waals surface area (Å²) in [7, 11) is 0. The molecule has 0 fully saturated rings. The van der Waals surface area contributed by atoms with Gasteiger partial charge in [-0.2, -0.15) is 0 Å². The third kappa shape index (κ3) is 2.94. The summed E-state index contributed by atoms with van der Waals surface area (Å²) < 4.78 is 51.7. The summed E-state index contributed by atoms with van der Waals surface area (Å²) in [5.41, 5.74) is 10.2. The maximum absolute atomic E-state index is 13.0. The number of rotatable bonds is 2. The van der Waals surface area contributed by atoms with Crippen molar-refractivity contribution in [3.63, 3.8) is 0 Å². The van der Waals surface area contributed by atoms with Crippen LogP contribution in [0.5, 0.6) is 5.75 Å². The number of nitrogens with two attached hydrogens (primary N) is 2. The molecule has 1 rings (SSSR count). The normalized spacial score (nSPS) is 11.5. The van der Waals surface area contributed by atoms with Crippen LogP contribution in [-0.4, -0.2) is 11.3 Å². The van der Waals surface area contributed by atoms with Crippen LogP contribution in [0.3, 0.4) is 0 Å². The third-order valence-electron chi connectivity index (χ3n) is 1.43. The Bertz CT molecular complexity index is 343. The van der Waals surface area contributed by atoms with Crippen molar-refractivity contribution < 1.29 is 22.3 Å². The van der Waals surface area contributed by atoms with Crippen LogP contribution in [0.4, 0.5) is 23.4 Å². The predicted molar refractivity (Wildman–Crippen MR) is 43.2 cm³/mol. The van der Waals surface area contributed by atoms with Gasteiger partial charge in [-0.15, -0.1) is 13.2 Å². The van der Waals surface area contributed by atoms with E-state index < -0.39 is 23.7 Å². The second-order valence-electron chi connectivity index (χ2n) is 2.56. The molecule has 8 heteroatoms. The molecule has 0 atom stereocenters. The van der Waals surface area contributed by atoms with Crippen molar-refractivity contribution >= 4 is 5.82 Å². The van der Waals surface area contributed by atoms with Crippen LogP contribution < -0.4 is 16.2 Å². The van der Waals surface area contributed by atoms with Crippen molar-refractivity contribution in [1.82, 2.24) is 4.98 Å². The first kappa shape index (κ1) is 11.5. The largest absolute Gasteiger partial charge is 0.573 e. The lowest BCUT2D eigenvalue weighted by molar-refractivity contribution is -0.275. The van der Waals surface area contributed by atoms with Gasteiger partial charge in [0.1, 0.15) is 0 Å². The van der Waals surface area contributed by atoms with E-state index in [9.17, 15) is 17.6 Å². The van der Waals surface area contributed by atoms with E-state index in [1.807, 2.05) is 0 Å². The number of hydrogen-bond donors (Lipinski definition) is 2. The zero-order chi connectivity index (χ0) is 11.6. The topological polar surface area (TPSA) is 74.2 Å². The molecule has 0 saturated heterocycles. The molecule has 0 unspecified atom stereocenters. The van der Waals surface area contributed by atoms with Crippen molar-refractivity contribution in [2.45, 2.75) is 12.9 Å². The minimum Gasteiger partial charge on any atom is -0.399 e. The van der Waals surface area contributed by atoms with E-state index in [1.165, 1.54) is 0 Å².